The smallest absolute Gasteiger partial charge is 0.263 e. The summed E-state index contributed by atoms with van der Waals surface area (Å²) in [4.78, 5) is 39.0. The first kappa shape index (κ1) is 13.8. The van der Waals surface area contributed by atoms with Crippen LogP contribution in [0.1, 0.15) is 22.5 Å². The first-order valence-electron chi connectivity index (χ1n) is 6.41. The predicted molar refractivity (Wildman–Crippen MR) is 77.4 cm³/mol. The molecule has 0 N–H and O–H groups in total. The number of thiophene rings is 1. The number of hydrogen-bond donors (Lipinski definition) is 0. The van der Waals surface area contributed by atoms with E-state index in [4.69, 9.17) is 0 Å². The number of carbonyl (C=O) groups is 3. The maximum Gasteiger partial charge on any atom is 0.263 e. The molecule has 1 aromatic rings. The summed E-state index contributed by atoms with van der Waals surface area (Å²) in [6, 6.07) is 1.81. The maximum atomic E-state index is 12.1. The van der Waals surface area contributed by atoms with E-state index in [0.717, 1.165) is 4.47 Å². The number of likely N-dealkylation sites (tertiary alicyclic amines) is 2. The molecule has 3 rings (SSSR count). The summed E-state index contributed by atoms with van der Waals surface area (Å²) < 4.78 is 0.913. The van der Waals surface area contributed by atoms with Crippen LogP contribution in [0.3, 0.4) is 0 Å². The van der Waals surface area contributed by atoms with Gasteiger partial charge >= 0.3 is 0 Å². The van der Waals surface area contributed by atoms with Crippen molar-refractivity contribution in [1.82, 2.24) is 9.80 Å². The first-order chi connectivity index (χ1) is 9.54. The zero-order chi connectivity index (χ0) is 14.3. The molecule has 3 amide bonds. The third kappa shape index (κ3) is 2.52. The Kier molecular flexibility index (Phi) is 3.64. The molecule has 5 nitrogen and oxygen atoms in total. The molecule has 3 heterocycles. The molecule has 0 atom stereocenters. The number of nitrogens with zero attached hydrogens (tertiary/aromatic N) is 2. The van der Waals surface area contributed by atoms with E-state index < -0.39 is 0 Å². The molecule has 0 aromatic carbocycles. The largest absolute Gasteiger partial charge is 0.337 e. The zero-order valence-electron chi connectivity index (χ0n) is 10.7. The number of amides is 3. The van der Waals surface area contributed by atoms with Gasteiger partial charge in [-0.3, -0.25) is 19.3 Å². The monoisotopic (exact) mass is 356 g/mol. The minimum atomic E-state index is -0.0815. The molecular weight excluding hydrogens is 344 g/mol. The van der Waals surface area contributed by atoms with Gasteiger partial charge in [0.25, 0.3) is 5.91 Å². The van der Waals surface area contributed by atoms with Crippen LogP contribution in [-0.4, -0.2) is 47.2 Å². The lowest BCUT2D eigenvalue weighted by Gasteiger charge is -2.40. The van der Waals surface area contributed by atoms with Gasteiger partial charge in [0.2, 0.25) is 11.8 Å². The van der Waals surface area contributed by atoms with Crippen molar-refractivity contribution in [3.05, 3.63) is 20.8 Å². The van der Waals surface area contributed by atoms with Gasteiger partial charge in [-0.05, 0) is 22.0 Å². The molecule has 0 unspecified atom stereocenters. The lowest BCUT2D eigenvalue weighted by atomic mass is 9.99. The predicted octanol–water partition coefficient (Wildman–Crippen LogP) is 1.73. The molecule has 0 saturated carbocycles. The standard InChI is InChI=1S/C13H13BrN2O3S/c14-9-3-10(20-7-9)13(19)15-4-8(5-15)6-16-11(17)1-2-12(16)18/h3,7-8H,1-2,4-6H2. The number of hydrogen-bond acceptors (Lipinski definition) is 4. The van der Waals surface area contributed by atoms with Gasteiger partial charge < -0.3 is 4.90 Å². The van der Waals surface area contributed by atoms with E-state index in [1.807, 2.05) is 11.4 Å². The molecular formula is C13H13BrN2O3S. The number of halogens is 1. The number of carbonyl (C=O) groups excluding carboxylic acids is 3. The third-order valence-electron chi connectivity index (χ3n) is 3.62. The molecule has 0 aliphatic carbocycles. The fourth-order valence-electron chi connectivity index (χ4n) is 2.52. The molecule has 1 aromatic heterocycles. The van der Waals surface area contributed by atoms with Crippen molar-refractivity contribution in [2.24, 2.45) is 5.92 Å². The molecule has 2 fully saturated rings. The van der Waals surface area contributed by atoms with E-state index in [9.17, 15) is 14.4 Å². The highest BCUT2D eigenvalue weighted by Gasteiger charge is 2.37. The summed E-state index contributed by atoms with van der Waals surface area (Å²) >= 11 is 4.74. The van der Waals surface area contributed by atoms with E-state index in [-0.39, 0.29) is 23.6 Å². The highest BCUT2D eigenvalue weighted by molar-refractivity contribution is 9.10. The van der Waals surface area contributed by atoms with E-state index >= 15 is 0 Å². The quantitative estimate of drug-likeness (QED) is 0.775. The van der Waals surface area contributed by atoms with Crippen LogP contribution in [0.15, 0.2) is 15.9 Å². The Bertz CT molecular complexity index is 564. The Hall–Kier alpha value is -1.21. The van der Waals surface area contributed by atoms with Crippen LogP contribution in [0.2, 0.25) is 0 Å². The van der Waals surface area contributed by atoms with Crippen LogP contribution in [0.25, 0.3) is 0 Å². The zero-order valence-corrected chi connectivity index (χ0v) is 13.1. The van der Waals surface area contributed by atoms with Crippen molar-refractivity contribution in [3.63, 3.8) is 0 Å². The summed E-state index contributed by atoms with van der Waals surface area (Å²) in [5.41, 5.74) is 0. The van der Waals surface area contributed by atoms with E-state index in [1.54, 1.807) is 4.90 Å². The van der Waals surface area contributed by atoms with Crippen molar-refractivity contribution in [1.29, 1.82) is 0 Å². The fraction of sp³-hybridized carbons (Fsp3) is 0.462. The molecule has 2 aliphatic rings. The Morgan fingerprint density at radius 2 is 1.95 bits per heavy atom. The topological polar surface area (TPSA) is 57.7 Å². The Morgan fingerprint density at radius 1 is 1.30 bits per heavy atom. The maximum absolute atomic E-state index is 12.1. The molecule has 2 saturated heterocycles. The van der Waals surface area contributed by atoms with Crippen LogP contribution >= 0.6 is 27.3 Å². The van der Waals surface area contributed by atoms with Crippen molar-refractivity contribution >= 4 is 45.0 Å². The van der Waals surface area contributed by atoms with Crippen LogP contribution in [0.4, 0.5) is 0 Å². The second-order valence-corrected chi connectivity index (χ2v) is 6.93. The van der Waals surface area contributed by atoms with Gasteiger partial charge in [-0.25, -0.2) is 0 Å². The normalized spacial score (nSPS) is 19.6. The molecule has 20 heavy (non-hydrogen) atoms. The van der Waals surface area contributed by atoms with Crippen molar-refractivity contribution in [2.75, 3.05) is 19.6 Å². The van der Waals surface area contributed by atoms with Gasteiger partial charge in [-0.15, -0.1) is 11.3 Å². The summed E-state index contributed by atoms with van der Waals surface area (Å²) in [6.45, 7) is 1.69. The van der Waals surface area contributed by atoms with Gasteiger partial charge in [0.15, 0.2) is 0 Å². The second kappa shape index (κ2) is 5.29. The molecule has 106 valence electrons. The van der Waals surface area contributed by atoms with Gasteiger partial charge in [-0.2, -0.15) is 0 Å². The van der Waals surface area contributed by atoms with Gasteiger partial charge in [-0.1, -0.05) is 0 Å². The minimum Gasteiger partial charge on any atom is -0.337 e. The van der Waals surface area contributed by atoms with Gasteiger partial charge in [0, 0.05) is 48.2 Å². The van der Waals surface area contributed by atoms with Crippen LogP contribution in [-0.2, 0) is 9.59 Å². The summed E-state index contributed by atoms with van der Waals surface area (Å²) in [7, 11) is 0. The third-order valence-corrected chi connectivity index (χ3v) is 5.30. The molecule has 0 radical (unpaired) electrons. The minimum absolute atomic E-state index is 0.0241. The highest BCUT2D eigenvalue weighted by atomic mass is 79.9. The SMILES string of the molecule is O=C(c1cc(Br)cs1)N1CC(CN2C(=O)CCC2=O)C1. The van der Waals surface area contributed by atoms with Crippen LogP contribution < -0.4 is 0 Å². The summed E-state index contributed by atoms with van der Waals surface area (Å²) in [5.74, 6) is 0.0771. The first-order valence-corrected chi connectivity index (χ1v) is 8.08. The summed E-state index contributed by atoms with van der Waals surface area (Å²) in [5, 5.41) is 1.88. The van der Waals surface area contributed by atoms with Crippen LogP contribution in [0, 0.1) is 5.92 Å². The lowest BCUT2D eigenvalue weighted by molar-refractivity contribution is -0.139. The van der Waals surface area contributed by atoms with Crippen molar-refractivity contribution < 1.29 is 14.4 Å². The Morgan fingerprint density at radius 3 is 2.50 bits per heavy atom. The molecule has 7 heteroatoms. The average molecular weight is 357 g/mol. The Labute approximate surface area is 128 Å². The second-order valence-electron chi connectivity index (χ2n) is 5.10. The van der Waals surface area contributed by atoms with E-state index in [0.29, 0.717) is 37.4 Å². The van der Waals surface area contributed by atoms with Gasteiger partial charge in [0.1, 0.15) is 0 Å². The van der Waals surface area contributed by atoms with Crippen molar-refractivity contribution in [3.8, 4) is 0 Å². The number of rotatable bonds is 3. The van der Waals surface area contributed by atoms with Crippen LogP contribution in [0.5, 0.6) is 0 Å². The van der Waals surface area contributed by atoms with Crippen molar-refractivity contribution in [2.45, 2.75) is 12.8 Å². The summed E-state index contributed by atoms with van der Waals surface area (Å²) in [6.07, 6.45) is 0.662. The lowest BCUT2D eigenvalue weighted by Crippen LogP contribution is -2.54. The Balaban J connectivity index is 1.53. The average Bonchev–Trinajstić information content (AvgIpc) is 2.92. The molecule has 0 spiro atoms. The molecule has 0 bridgehead atoms. The van der Waals surface area contributed by atoms with Gasteiger partial charge in [0.05, 0.1) is 4.88 Å². The number of imide groups is 1. The van der Waals surface area contributed by atoms with E-state index in [2.05, 4.69) is 15.9 Å². The van der Waals surface area contributed by atoms with E-state index in [1.165, 1.54) is 16.2 Å². The highest BCUT2D eigenvalue weighted by Crippen LogP contribution is 2.26. The molecule has 2 aliphatic heterocycles. The fourth-order valence-corrected chi connectivity index (χ4v) is 3.91.